The van der Waals surface area contributed by atoms with Gasteiger partial charge in [0, 0.05) is 17.5 Å². The number of tetrazole rings is 1. The van der Waals surface area contributed by atoms with E-state index in [4.69, 9.17) is 11.6 Å². The van der Waals surface area contributed by atoms with E-state index in [1.54, 1.807) is 18.2 Å². The predicted molar refractivity (Wildman–Crippen MR) is 120 cm³/mol. The molecule has 0 radical (unpaired) electrons. The van der Waals surface area contributed by atoms with Crippen molar-refractivity contribution in [3.8, 4) is 0 Å². The van der Waals surface area contributed by atoms with Gasteiger partial charge in [0.2, 0.25) is 10.0 Å². The minimum absolute atomic E-state index is 0.0621. The average molecular weight is 464 g/mol. The van der Waals surface area contributed by atoms with Crippen molar-refractivity contribution in [2.75, 3.05) is 0 Å². The standard InChI is InChI=1S/C22H30ClN5O2S/c1-22(2)16-12-15(8-5-3-4-6-11-20-24-27-28-25-20)21(19(22)13-16)26-31(29,30)18-10-7-9-17(23)14-18/h3,5,7,9-10,14-16,19,21,26H,4,6,8,11-13H2,1-2H3,(H,24,25,27,28)/t15-,16-,19-,21+/m0/s1. The van der Waals surface area contributed by atoms with Crippen LogP contribution in [0.15, 0.2) is 41.3 Å². The van der Waals surface area contributed by atoms with Crippen LogP contribution in [0.1, 0.15) is 51.8 Å². The van der Waals surface area contributed by atoms with Gasteiger partial charge < -0.3 is 0 Å². The largest absolute Gasteiger partial charge is 0.240 e. The van der Waals surface area contributed by atoms with E-state index in [1.807, 2.05) is 0 Å². The molecule has 0 unspecified atom stereocenters. The summed E-state index contributed by atoms with van der Waals surface area (Å²) in [6, 6.07) is 6.42. The number of aromatic nitrogens is 4. The third-order valence-electron chi connectivity index (χ3n) is 7.24. The molecule has 7 nitrogen and oxygen atoms in total. The lowest BCUT2D eigenvalue weighted by molar-refractivity contribution is -0.108. The number of H-pyrrole nitrogens is 1. The maximum Gasteiger partial charge on any atom is 0.240 e. The Morgan fingerprint density at radius 1 is 1.29 bits per heavy atom. The lowest BCUT2D eigenvalue weighted by Crippen LogP contribution is -2.63. The topological polar surface area (TPSA) is 101 Å². The van der Waals surface area contributed by atoms with E-state index in [2.05, 4.69) is 51.3 Å². The van der Waals surface area contributed by atoms with Crippen LogP contribution < -0.4 is 4.72 Å². The van der Waals surface area contributed by atoms with Gasteiger partial charge in [0.15, 0.2) is 5.82 Å². The Bertz CT molecular complexity index is 1020. The number of hydrogen-bond acceptors (Lipinski definition) is 5. The molecule has 9 heteroatoms. The molecule has 3 aliphatic carbocycles. The van der Waals surface area contributed by atoms with E-state index in [9.17, 15) is 8.42 Å². The molecule has 2 N–H and O–H groups in total. The van der Waals surface area contributed by atoms with Gasteiger partial charge in [-0.3, -0.25) is 0 Å². The molecule has 0 aliphatic heterocycles. The number of rotatable bonds is 9. The number of benzene rings is 1. The fourth-order valence-corrected chi connectivity index (χ4v) is 6.91. The average Bonchev–Trinajstić information content (AvgIpc) is 3.24. The number of aromatic amines is 1. The van der Waals surface area contributed by atoms with Crippen LogP contribution in [0.5, 0.6) is 0 Å². The normalized spacial score (nSPS) is 27.3. The molecule has 1 heterocycles. The minimum atomic E-state index is -3.62. The highest BCUT2D eigenvalue weighted by molar-refractivity contribution is 7.89. The first-order valence-corrected chi connectivity index (χ1v) is 12.8. The van der Waals surface area contributed by atoms with Crippen LogP contribution in [-0.2, 0) is 16.4 Å². The summed E-state index contributed by atoms with van der Waals surface area (Å²) >= 11 is 6.03. The maximum absolute atomic E-state index is 13.1. The second-order valence-corrected chi connectivity index (χ2v) is 11.5. The zero-order valence-corrected chi connectivity index (χ0v) is 19.5. The lowest BCUT2D eigenvalue weighted by Gasteiger charge is -2.62. The van der Waals surface area contributed by atoms with Crippen LogP contribution in [0, 0.1) is 23.2 Å². The van der Waals surface area contributed by atoms with Crippen molar-refractivity contribution in [1.82, 2.24) is 25.3 Å². The molecule has 0 amide bonds. The first-order chi connectivity index (χ1) is 14.8. The van der Waals surface area contributed by atoms with Crippen molar-refractivity contribution in [3.63, 3.8) is 0 Å². The quantitative estimate of drug-likeness (QED) is 0.429. The summed E-state index contributed by atoms with van der Waals surface area (Å²) in [5, 5.41) is 14.4. The molecule has 0 spiro atoms. The summed E-state index contributed by atoms with van der Waals surface area (Å²) in [5.41, 5.74) is 0.173. The van der Waals surface area contributed by atoms with E-state index < -0.39 is 10.0 Å². The number of aryl methyl sites for hydroxylation is 1. The molecule has 0 saturated heterocycles. The fraction of sp³-hybridized carbons (Fsp3) is 0.591. The van der Waals surface area contributed by atoms with Crippen molar-refractivity contribution in [2.45, 2.75) is 63.3 Å². The Morgan fingerprint density at radius 2 is 2.13 bits per heavy atom. The van der Waals surface area contributed by atoms with Crippen molar-refractivity contribution >= 4 is 21.6 Å². The summed E-state index contributed by atoms with van der Waals surface area (Å²) in [6.07, 6.45) is 10.1. The molecule has 1 aromatic heterocycles. The van der Waals surface area contributed by atoms with Gasteiger partial charge in [-0.05, 0) is 73.5 Å². The van der Waals surface area contributed by atoms with Crippen molar-refractivity contribution in [3.05, 3.63) is 47.3 Å². The number of sulfonamides is 1. The van der Waals surface area contributed by atoms with Crippen molar-refractivity contribution in [1.29, 1.82) is 0 Å². The summed E-state index contributed by atoms with van der Waals surface area (Å²) < 4.78 is 29.2. The molecule has 2 aromatic rings. The SMILES string of the molecule is CC1(C)[C@H]2C[C@H](CC=CCCCc3nn[nH]n3)[C@@H](NS(=O)(=O)c3cccc(Cl)c3)[C@@H]1C2. The first-order valence-electron chi connectivity index (χ1n) is 10.9. The number of allylic oxidation sites excluding steroid dienone is 2. The minimum Gasteiger partial charge on any atom is -0.207 e. The van der Waals surface area contributed by atoms with Crippen molar-refractivity contribution < 1.29 is 8.42 Å². The highest BCUT2D eigenvalue weighted by Gasteiger charge is 2.58. The third-order valence-corrected chi connectivity index (χ3v) is 8.93. The van der Waals surface area contributed by atoms with Gasteiger partial charge in [-0.15, -0.1) is 10.2 Å². The molecule has 5 rings (SSSR count). The Morgan fingerprint density at radius 3 is 2.84 bits per heavy atom. The van der Waals surface area contributed by atoms with Crippen LogP contribution in [0.25, 0.3) is 0 Å². The number of halogens is 1. The molecular formula is C22H30ClN5O2S. The number of nitrogens with one attached hydrogen (secondary N) is 2. The molecule has 31 heavy (non-hydrogen) atoms. The van der Waals surface area contributed by atoms with E-state index in [-0.39, 0.29) is 16.4 Å². The zero-order valence-electron chi connectivity index (χ0n) is 18.0. The van der Waals surface area contributed by atoms with Crippen LogP contribution in [-0.4, -0.2) is 35.1 Å². The van der Waals surface area contributed by atoms with E-state index in [1.165, 1.54) is 6.07 Å². The summed E-state index contributed by atoms with van der Waals surface area (Å²) in [6.45, 7) is 4.55. The van der Waals surface area contributed by atoms with Crippen LogP contribution >= 0.6 is 11.6 Å². The van der Waals surface area contributed by atoms with Gasteiger partial charge in [0.25, 0.3) is 0 Å². The Hall–Kier alpha value is -1.77. The summed E-state index contributed by atoms with van der Waals surface area (Å²) in [4.78, 5) is 0.231. The van der Waals surface area contributed by atoms with E-state index in [0.29, 0.717) is 22.8 Å². The van der Waals surface area contributed by atoms with Gasteiger partial charge in [-0.2, -0.15) is 5.21 Å². The third kappa shape index (κ3) is 4.86. The molecule has 3 fully saturated rings. The molecular weight excluding hydrogens is 434 g/mol. The fourth-order valence-electron chi connectivity index (χ4n) is 5.26. The summed E-state index contributed by atoms with van der Waals surface area (Å²) in [5.74, 6) is 2.07. The maximum atomic E-state index is 13.1. The van der Waals surface area contributed by atoms with Gasteiger partial charge >= 0.3 is 0 Å². The highest BCUT2D eigenvalue weighted by Crippen LogP contribution is 2.61. The number of nitrogens with zero attached hydrogens (tertiary/aromatic N) is 3. The molecule has 4 atom stereocenters. The lowest BCUT2D eigenvalue weighted by atomic mass is 9.45. The van der Waals surface area contributed by atoms with Gasteiger partial charge in [0.05, 0.1) is 4.90 Å². The first kappa shape index (κ1) is 22.4. The molecule has 1 aromatic carbocycles. The molecule has 3 saturated carbocycles. The smallest absolute Gasteiger partial charge is 0.207 e. The second kappa shape index (κ2) is 9.00. The number of hydrogen-bond donors (Lipinski definition) is 2. The van der Waals surface area contributed by atoms with Crippen LogP contribution in [0.2, 0.25) is 5.02 Å². The highest BCUT2D eigenvalue weighted by atomic mass is 35.5. The van der Waals surface area contributed by atoms with Crippen LogP contribution in [0.3, 0.4) is 0 Å². The number of unbranched alkanes of at least 4 members (excludes halogenated alkanes) is 1. The zero-order chi connectivity index (χ0) is 22.1. The van der Waals surface area contributed by atoms with Crippen LogP contribution in [0.4, 0.5) is 0 Å². The summed E-state index contributed by atoms with van der Waals surface area (Å²) in [7, 11) is -3.62. The van der Waals surface area contributed by atoms with Gasteiger partial charge in [0.1, 0.15) is 0 Å². The van der Waals surface area contributed by atoms with E-state index in [0.717, 1.165) is 44.3 Å². The molecule has 3 aliphatic rings. The Labute approximate surface area is 189 Å². The number of fused-ring (bicyclic) bond motifs is 2. The Kier molecular flexibility index (Phi) is 6.51. The van der Waals surface area contributed by atoms with Gasteiger partial charge in [-0.1, -0.05) is 48.9 Å². The predicted octanol–water partition coefficient (Wildman–Crippen LogP) is 4.15. The monoisotopic (exact) mass is 463 g/mol. The van der Waals surface area contributed by atoms with Crippen molar-refractivity contribution in [2.24, 2.45) is 23.2 Å². The van der Waals surface area contributed by atoms with E-state index >= 15 is 0 Å². The second-order valence-electron chi connectivity index (χ2n) is 9.39. The Balaban J connectivity index is 1.40. The molecule has 168 valence electrons. The molecule has 2 bridgehead atoms. The van der Waals surface area contributed by atoms with Gasteiger partial charge in [-0.25, -0.2) is 13.1 Å².